The Morgan fingerprint density at radius 1 is 1.03 bits per heavy atom. The van der Waals surface area contributed by atoms with Crippen LogP contribution < -0.4 is 14.9 Å². The molecule has 0 atom stereocenters. The fraction of sp³-hybridized carbons (Fsp3) is 0.364. The Kier molecular flexibility index (Phi) is 5.75. The second kappa shape index (κ2) is 7.95. The van der Waals surface area contributed by atoms with Gasteiger partial charge in [-0.3, -0.25) is 15.0 Å². The maximum atomic E-state index is 13.2. The number of ether oxygens (including phenoxy) is 2. The second-order valence-corrected chi connectivity index (χ2v) is 8.46. The highest BCUT2D eigenvalue weighted by Crippen LogP contribution is 2.39. The first-order valence-corrected chi connectivity index (χ1v) is 9.77. The maximum Gasteiger partial charge on any atom is 0.272 e. The highest BCUT2D eigenvalue weighted by molar-refractivity contribution is 6.35. The van der Waals surface area contributed by atoms with E-state index in [1.165, 1.54) is 5.01 Å². The first-order chi connectivity index (χ1) is 13.6. The molecular weight excluding hydrogens is 392 g/mol. The van der Waals surface area contributed by atoms with Gasteiger partial charge in [0.25, 0.3) is 11.8 Å². The average Bonchev–Trinajstić information content (AvgIpc) is 2.64. The number of halogens is 1. The highest BCUT2D eigenvalue weighted by Gasteiger charge is 2.31. The molecular formula is C22H25ClN2O4. The van der Waals surface area contributed by atoms with Crippen molar-refractivity contribution in [1.29, 1.82) is 0 Å². The lowest BCUT2D eigenvalue weighted by Crippen LogP contribution is -2.56. The van der Waals surface area contributed by atoms with Gasteiger partial charge in [0, 0.05) is 5.56 Å². The smallest absolute Gasteiger partial charge is 0.272 e. The highest BCUT2D eigenvalue weighted by atomic mass is 35.5. The number of rotatable bonds is 2. The quantitative estimate of drug-likeness (QED) is 0.740. The summed E-state index contributed by atoms with van der Waals surface area (Å²) >= 11 is 6.39. The van der Waals surface area contributed by atoms with E-state index in [9.17, 15) is 9.59 Å². The van der Waals surface area contributed by atoms with E-state index < -0.39 is 11.4 Å². The lowest BCUT2D eigenvalue weighted by Gasteiger charge is -2.35. The van der Waals surface area contributed by atoms with E-state index in [1.54, 1.807) is 24.3 Å². The van der Waals surface area contributed by atoms with Gasteiger partial charge in [0.05, 0.1) is 16.1 Å². The molecule has 0 fully saturated rings. The Bertz CT molecular complexity index is 946. The number of hydrogen-bond acceptors (Lipinski definition) is 4. The molecule has 0 bridgehead atoms. The van der Waals surface area contributed by atoms with Crippen molar-refractivity contribution in [2.24, 2.45) is 0 Å². The number of nitrogens with zero attached hydrogens (tertiary/aromatic N) is 1. The number of amides is 2. The van der Waals surface area contributed by atoms with Gasteiger partial charge in [-0.05, 0) is 58.9 Å². The number of hydrogen-bond donors (Lipinski definition) is 1. The molecule has 1 N–H and O–H groups in total. The minimum Gasteiger partial charge on any atom is -0.486 e. The molecule has 0 saturated heterocycles. The van der Waals surface area contributed by atoms with E-state index >= 15 is 0 Å². The predicted octanol–water partition coefficient (Wildman–Crippen LogP) is 4.31. The zero-order valence-corrected chi connectivity index (χ0v) is 18.0. The van der Waals surface area contributed by atoms with Crippen LogP contribution in [0.15, 0.2) is 30.3 Å². The Balaban J connectivity index is 1.91. The first kappa shape index (κ1) is 21.0. The van der Waals surface area contributed by atoms with Gasteiger partial charge in [-0.2, -0.15) is 0 Å². The second-order valence-electron chi connectivity index (χ2n) is 8.08. The normalized spacial score (nSPS) is 13.0. The molecule has 0 aromatic heterocycles. The van der Waals surface area contributed by atoms with Crippen LogP contribution in [0.1, 0.15) is 52.6 Å². The summed E-state index contributed by atoms with van der Waals surface area (Å²) in [5, 5.41) is 1.49. The summed E-state index contributed by atoms with van der Waals surface area (Å²) in [7, 11) is 0. The lowest BCUT2D eigenvalue weighted by atomic mass is 10.0. The zero-order chi connectivity index (χ0) is 21.3. The van der Waals surface area contributed by atoms with Crippen LogP contribution in [0.4, 0.5) is 0 Å². The summed E-state index contributed by atoms with van der Waals surface area (Å²) < 4.78 is 11.0. The van der Waals surface area contributed by atoms with Crippen molar-refractivity contribution in [3.8, 4) is 11.5 Å². The summed E-state index contributed by atoms with van der Waals surface area (Å²) in [6.07, 6.45) is 0. The standard InChI is InChI=1S/C22H25ClN2O4/c1-13-10-14(2)12-15(11-13)21(27)25(22(3,4)5)24-20(26)16-6-7-17-19(18(16)23)29-9-8-28-17/h6-7,10-12H,8-9H2,1-5H3,(H,24,26). The zero-order valence-electron chi connectivity index (χ0n) is 17.3. The number of benzene rings is 2. The summed E-state index contributed by atoms with van der Waals surface area (Å²) in [6.45, 7) is 10.2. The van der Waals surface area contributed by atoms with Crippen LogP contribution in [0.25, 0.3) is 0 Å². The van der Waals surface area contributed by atoms with Gasteiger partial charge in [0.15, 0.2) is 11.5 Å². The molecule has 29 heavy (non-hydrogen) atoms. The van der Waals surface area contributed by atoms with Crippen molar-refractivity contribution in [3.63, 3.8) is 0 Å². The van der Waals surface area contributed by atoms with E-state index in [0.29, 0.717) is 30.3 Å². The van der Waals surface area contributed by atoms with Gasteiger partial charge in [-0.25, -0.2) is 5.01 Å². The molecule has 6 nitrogen and oxygen atoms in total. The van der Waals surface area contributed by atoms with Crippen molar-refractivity contribution in [3.05, 3.63) is 57.6 Å². The molecule has 0 spiro atoms. The molecule has 1 heterocycles. The minimum atomic E-state index is -0.662. The lowest BCUT2D eigenvalue weighted by molar-refractivity contribution is 0.0358. The molecule has 3 rings (SSSR count). The monoisotopic (exact) mass is 416 g/mol. The third-order valence-corrected chi connectivity index (χ3v) is 4.82. The van der Waals surface area contributed by atoms with E-state index in [2.05, 4.69) is 5.43 Å². The molecule has 0 unspecified atom stereocenters. The van der Waals surface area contributed by atoms with Crippen LogP contribution in [-0.4, -0.2) is 35.6 Å². The van der Waals surface area contributed by atoms with E-state index in [1.807, 2.05) is 40.7 Å². The first-order valence-electron chi connectivity index (χ1n) is 9.40. The molecule has 2 amide bonds. The van der Waals surface area contributed by atoms with Crippen LogP contribution in [0.5, 0.6) is 11.5 Å². The number of hydrazine groups is 1. The number of nitrogens with one attached hydrogen (secondary N) is 1. The van der Waals surface area contributed by atoms with Crippen molar-refractivity contribution < 1.29 is 19.1 Å². The fourth-order valence-electron chi connectivity index (χ4n) is 3.17. The van der Waals surface area contributed by atoms with Gasteiger partial charge in [0.2, 0.25) is 0 Å². The molecule has 1 aliphatic heterocycles. The summed E-state index contributed by atoms with van der Waals surface area (Å²) in [6, 6.07) is 8.80. The van der Waals surface area contributed by atoms with E-state index in [4.69, 9.17) is 21.1 Å². The minimum absolute atomic E-state index is 0.160. The van der Waals surface area contributed by atoms with Crippen molar-refractivity contribution in [2.45, 2.75) is 40.2 Å². The third-order valence-electron chi connectivity index (χ3n) is 4.45. The number of fused-ring (bicyclic) bond motifs is 1. The van der Waals surface area contributed by atoms with Crippen molar-refractivity contribution >= 4 is 23.4 Å². The maximum absolute atomic E-state index is 13.2. The van der Waals surface area contributed by atoms with Gasteiger partial charge in [-0.15, -0.1) is 0 Å². The molecule has 7 heteroatoms. The molecule has 1 aliphatic rings. The van der Waals surface area contributed by atoms with Crippen molar-refractivity contribution in [2.75, 3.05) is 13.2 Å². The van der Waals surface area contributed by atoms with Gasteiger partial charge in [0.1, 0.15) is 13.2 Å². The van der Waals surface area contributed by atoms with E-state index in [-0.39, 0.29) is 16.5 Å². The van der Waals surface area contributed by atoms with Crippen LogP contribution in [0.2, 0.25) is 5.02 Å². The summed E-state index contributed by atoms with van der Waals surface area (Å²) in [5.41, 5.74) is 4.72. The Hall–Kier alpha value is -2.73. The van der Waals surface area contributed by atoms with E-state index in [0.717, 1.165) is 11.1 Å². The van der Waals surface area contributed by atoms with Crippen LogP contribution >= 0.6 is 11.6 Å². The summed E-state index contributed by atoms with van der Waals surface area (Å²) in [4.78, 5) is 26.2. The molecule has 0 radical (unpaired) electrons. The number of carbonyl (C=O) groups is 2. The molecule has 0 saturated carbocycles. The number of aryl methyl sites for hydroxylation is 2. The van der Waals surface area contributed by atoms with Crippen LogP contribution in [-0.2, 0) is 0 Å². The fourth-order valence-corrected chi connectivity index (χ4v) is 3.47. The number of carbonyl (C=O) groups excluding carboxylic acids is 2. The van der Waals surface area contributed by atoms with Gasteiger partial charge in [-0.1, -0.05) is 28.8 Å². The SMILES string of the molecule is Cc1cc(C)cc(C(=O)N(NC(=O)c2ccc3c(c2Cl)OCCO3)C(C)(C)C)c1. The largest absolute Gasteiger partial charge is 0.486 e. The molecule has 2 aromatic rings. The Morgan fingerprint density at radius 3 is 2.28 bits per heavy atom. The van der Waals surface area contributed by atoms with Crippen molar-refractivity contribution in [1.82, 2.24) is 10.4 Å². The van der Waals surface area contributed by atoms with Crippen LogP contribution in [0.3, 0.4) is 0 Å². The third kappa shape index (κ3) is 4.48. The topological polar surface area (TPSA) is 67.9 Å². The Morgan fingerprint density at radius 2 is 1.66 bits per heavy atom. The van der Waals surface area contributed by atoms with Crippen LogP contribution in [0, 0.1) is 13.8 Å². The molecule has 2 aromatic carbocycles. The predicted molar refractivity (Wildman–Crippen MR) is 112 cm³/mol. The van der Waals surface area contributed by atoms with Gasteiger partial charge >= 0.3 is 0 Å². The van der Waals surface area contributed by atoms with Gasteiger partial charge < -0.3 is 9.47 Å². The Labute approximate surface area is 175 Å². The summed E-state index contributed by atoms with van der Waals surface area (Å²) in [5.74, 6) is 0.0382. The molecule has 0 aliphatic carbocycles. The molecule has 154 valence electrons. The average molecular weight is 417 g/mol.